The molecule has 2 aromatic heterocycles. The molecule has 0 saturated heterocycles. The van der Waals surface area contributed by atoms with Gasteiger partial charge in [-0.15, -0.1) is 0 Å². The second-order valence-corrected chi connectivity index (χ2v) is 16.6. The van der Waals surface area contributed by atoms with Gasteiger partial charge in [0, 0.05) is 45.1 Å². The molecule has 4 heteroatoms. The van der Waals surface area contributed by atoms with Gasteiger partial charge in [0.05, 0.1) is 33.6 Å². The highest BCUT2D eigenvalue weighted by Crippen LogP contribution is 2.53. The monoisotopic (exact) mass is 768 g/mol. The summed E-state index contributed by atoms with van der Waals surface area (Å²) in [5, 5.41) is 8.31. The lowest BCUT2D eigenvalue weighted by Crippen LogP contribution is -2.17. The fourth-order valence-corrected chi connectivity index (χ4v) is 10.0. The van der Waals surface area contributed by atoms with E-state index in [1.54, 1.807) is 0 Å². The molecule has 284 valence electrons. The number of benzene rings is 9. The van der Waals surface area contributed by atoms with Crippen LogP contribution in [0.3, 0.4) is 0 Å². The molecular formula is C56H40N4. The Balaban J connectivity index is 1.11. The molecule has 0 unspecified atom stereocenters. The molecule has 0 bridgehead atoms. The molecule has 2 heterocycles. The first kappa shape index (κ1) is 34.5. The van der Waals surface area contributed by atoms with Gasteiger partial charge in [0.2, 0.25) is 5.95 Å². The predicted octanol–water partition coefficient (Wildman–Crippen LogP) is 14.4. The van der Waals surface area contributed by atoms with Gasteiger partial charge in [0.15, 0.2) is 0 Å². The van der Waals surface area contributed by atoms with Gasteiger partial charge in [-0.05, 0) is 86.4 Å². The van der Waals surface area contributed by atoms with E-state index in [1.165, 1.54) is 71.2 Å². The van der Waals surface area contributed by atoms with Gasteiger partial charge in [-0.3, -0.25) is 0 Å². The van der Waals surface area contributed by atoms with Crippen molar-refractivity contribution in [2.24, 2.45) is 0 Å². The molecule has 4 nitrogen and oxygen atoms in total. The summed E-state index contributed by atoms with van der Waals surface area (Å²) >= 11 is 0. The highest BCUT2D eigenvalue weighted by Gasteiger charge is 2.37. The van der Waals surface area contributed by atoms with E-state index >= 15 is 0 Å². The third kappa shape index (κ3) is 5.04. The second kappa shape index (κ2) is 13.0. The van der Waals surface area contributed by atoms with E-state index < -0.39 is 0 Å². The van der Waals surface area contributed by atoms with Crippen LogP contribution < -0.4 is 4.90 Å². The summed E-state index contributed by atoms with van der Waals surface area (Å²) in [5.41, 5.74) is 14.8. The van der Waals surface area contributed by atoms with E-state index in [4.69, 9.17) is 9.97 Å². The largest absolute Gasteiger partial charge is 0.313 e. The molecule has 9 aromatic carbocycles. The first-order valence-electron chi connectivity index (χ1n) is 20.7. The maximum Gasteiger partial charge on any atom is 0.230 e. The Hall–Kier alpha value is -7.56. The average molecular weight is 769 g/mol. The van der Waals surface area contributed by atoms with Gasteiger partial charge in [-0.1, -0.05) is 159 Å². The number of para-hydroxylation sites is 3. The lowest BCUT2D eigenvalue weighted by Gasteiger charge is -2.27. The van der Waals surface area contributed by atoms with Gasteiger partial charge in [0.25, 0.3) is 0 Å². The normalized spacial score (nSPS) is 13.1. The number of aromatic nitrogens is 3. The van der Waals surface area contributed by atoms with E-state index in [-0.39, 0.29) is 5.41 Å². The van der Waals surface area contributed by atoms with Crippen molar-refractivity contribution in [3.05, 3.63) is 199 Å². The smallest absolute Gasteiger partial charge is 0.230 e. The fraction of sp³-hybridized carbons (Fsp3) is 0.0714. The Labute approximate surface area is 348 Å². The van der Waals surface area contributed by atoms with Crippen LogP contribution in [-0.4, -0.2) is 21.6 Å². The van der Waals surface area contributed by atoms with Crippen LogP contribution in [0, 0.1) is 0 Å². The van der Waals surface area contributed by atoms with E-state index in [2.05, 4.69) is 218 Å². The number of hydrogen-bond donors (Lipinski definition) is 0. The Bertz CT molecular complexity index is 3500. The average Bonchev–Trinajstić information content (AvgIpc) is 3.75. The summed E-state index contributed by atoms with van der Waals surface area (Å²) in [7, 11) is 2.13. The van der Waals surface area contributed by atoms with Crippen LogP contribution in [0.15, 0.2) is 188 Å². The molecule has 0 saturated carbocycles. The zero-order chi connectivity index (χ0) is 40.1. The summed E-state index contributed by atoms with van der Waals surface area (Å²) < 4.78 is 2.43. The molecule has 11 aromatic rings. The first-order valence-corrected chi connectivity index (χ1v) is 20.7. The number of hydrogen-bond acceptors (Lipinski definition) is 3. The van der Waals surface area contributed by atoms with Crippen LogP contribution in [0.5, 0.6) is 0 Å². The molecule has 0 aliphatic heterocycles. The zero-order valence-electron chi connectivity index (χ0n) is 33.7. The predicted molar refractivity (Wildman–Crippen MR) is 252 cm³/mol. The Morgan fingerprint density at radius 1 is 0.450 bits per heavy atom. The van der Waals surface area contributed by atoms with Crippen LogP contribution in [-0.2, 0) is 5.41 Å². The van der Waals surface area contributed by atoms with Crippen molar-refractivity contribution < 1.29 is 0 Å². The van der Waals surface area contributed by atoms with Crippen LogP contribution >= 0.6 is 0 Å². The third-order valence-corrected chi connectivity index (χ3v) is 13.0. The zero-order valence-corrected chi connectivity index (χ0v) is 33.7. The van der Waals surface area contributed by atoms with E-state index in [0.29, 0.717) is 5.95 Å². The molecule has 12 rings (SSSR count). The first-order chi connectivity index (χ1) is 29.4. The van der Waals surface area contributed by atoms with Gasteiger partial charge in [-0.25, -0.2) is 9.97 Å². The number of nitrogens with zero attached hydrogens (tertiary/aromatic N) is 4. The van der Waals surface area contributed by atoms with Gasteiger partial charge in [-0.2, -0.15) is 0 Å². The van der Waals surface area contributed by atoms with Gasteiger partial charge in [0.1, 0.15) is 0 Å². The van der Waals surface area contributed by atoms with Crippen molar-refractivity contribution in [1.82, 2.24) is 14.5 Å². The summed E-state index contributed by atoms with van der Waals surface area (Å²) in [5.74, 6) is 0.648. The van der Waals surface area contributed by atoms with Crippen molar-refractivity contribution in [2.75, 3.05) is 11.9 Å². The maximum atomic E-state index is 5.44. The van der Waals surface area contributed by atoms with E-state index in [1.807, 2.05) is 0 Å². The molecule has 1 aliphatic rings. The van der Waals surface area contributed by atoms with Crippen LogP contribution in [0.4, 0.5) is 11.6 Å². The Kier molecular flexibility index (Phi) is 7.45. The minimum atomic E-state index is -0.181. The minimum Gasteiger partial charge on any atom is -0.313 e. The SMILES string of the molecule is CN(c1nc(-c2ccc3ccccc3c2)c2ccccc2n1)c1cc2c(cc1-c1ccc(-n3c4ccccc4c4ccccc43)c3ccccc13)C(C)(C)c1ccccc1-2. The molecule has 0 atom stereocenters. The molecule has 0 spiro atoms. The van der Waals surface area contributed by atoms with Crippen LogP contribution in [0.25, 0.3) is 93.5 Å². The van der Waals surface area contributed by atoms with Gasteiger partial charge < -0.3 is 9.47 Å². The highest BCUT2D eigenvalue weighted by atomic mass is 15.2. The summed E-state index contributed by atoms with van der Waals surface area (Å²) in [6.45, 7) is 4.72. The molecule has 0 fully saturated rings. The summed E-state index contributed by atoms with van der Waals surface area (Å²) in [6, 6.07) is 68.3. The highest BCUT2D eigenvalue weighted by molar-refractivity contribution is 6.12. The molecule has 0 N–H and O–H groups in total. The van der Waals surface area contributed by atoms with Crippen LogP contribution in [0.2, 0.25) is 0 Å². The molecule has 1 aliphatic carbocycles. The van der Waals surface area contributed by atoms with Gasteiger partial charge >= 0.3 is 0 Å². The second-order valence-electron chi connectivity index (χ2n) is 16.6. The van der Waals surface area contributed by atoms with Crippen molar-refractivity contribution in [1.29, 1.82) is 0 Å². The van der Waals surface area contributed by atoms with Crippen molar-refractivity contribution >= 4 is 65.9 Å². The standard InChI is InChI=1S/C56H40N4/c1-56(2)47-24-12-8-19-40(47)45-34-53(59(3)55-57-49-25-13-9-23-44(49)54(58-55)37-29-28-35-16-4-5-17-36(35)32-37)46(33-48(45)56)39-30-31-52(41-20-7-6-18-38(39)41)60-50-26-14-10-21-42(50)43-22-11-15-27-51(43)60/h4-34H,1-3H3. The molecular weight excluding hydrogens is 729 g/mol. The van der Waals surface area contributed by atoms with E-state index in [0.717, 1.165) is 39.1 Å². The number of rotatable bonds is 5. The molecule has 60 heavy (non-hydrogen) atoms. The Morgan fingerprint density at radius 2 is 1.08 bits per heavy atom. The lowest BCUT2D eigenvalue weighted by molar-refractivity contribution is 0.660. The topological polar surface area (TPSA) is 34.0 Å². The van der Waals surface area contributed by atoms with Crippen molar-refractivity contribution in [2.45, 2.75) is 19.3 Å². The number of anilines is 2. The number of fused-ring (bicyclic) bond motifs is 9. The molecule has 0 radical (unpaired) electrons. The molecule has 0 amide bonds. The third-order valence-electron chi connectivity index (χ3n) is 13.0. The van der Waals surface area contributed by atoms with E-state index in [9.17, 15) is 0 Å². The van der Waals surface area contributed by atoms with Crippen LogP contribution in [0.1, 0.15) is 25.0 Å². The maximum absolute atomic E-state index is 5.44. The lowest BCUT2D eigenvalue weighted by atomic mass is 9.81. The Morgan fingerprint density at radius 3 is 1.87 bits per heavy atom. The van der Waals surface area contributed by atoms with Crippen molar-refractivity contribution in [3.8, 4) is 39.2 Å². The summed E-state index contributed by atoms with van der Waals surface area (Å²) in [4.78, 5) is 12.9. The quantitative estimate of drug-likeness (QED) is 0.175. The summed E-state index contributed by atoms with van der Waals surface area (Å²) in [6.07, 6.45) is 0. The minimum absolute atomic E-state index is 0.181. The van der Waals surface area contributed by atoms with Crippen molar-refractivity contribution in [3.63, 3.8) is 0 Å². The fourth-order valence-electron chi connectivity index (χ4n) is 10.0.